The highest BCUT2D eigenvalue weighted by Gasteiger charge is 2.08. The van der Waals surface area contributed by atoms with Gasteiger partial charge in [-0.3, -0.25) is 0 Å². The molecule has 0 fully saturated rings. The maximum atomic E-state index is 5.01. The van der Waals surface area contributed by atoms with Crippen LogP contribution in [-0.2, 0) is 25.8 Å². The molecule has 1 aromatic heterocycles. The van der Waals surface area contributed by atoms with E-state index in [4.69, 9.17) is 4.98 Å². The molecule has 0 unspecified atom stereocenters. The number of nitrogens with zero attached hydrogens (tertiary/aromatic N) is 2. The molecule has 0 amide bonds. The largest absolute Gasteiger partial charge is 0.335 e. The van der Waals surface area contributed by atoms with Crippen LogP contribution in [-0.4, -0.2) is 9.55 Å². The zero-order valence-electron chi connectivity index (χ0n) is 20.6. The third-order valence-corrected chi connectivity index (χ3v) is 6.41. The molecule has 0 N–H and O–H groups in total. The first-order chi connectivity index (χ1) is 15.3. The summed E-state index contributed by atoms with van der Waals surface area (Å²) < 4.78 is 2.47. The van der Waals surface area contributed by atoms with Crippen LogP contribution in [0, 0.1) is 0 Å². The maximum absolute atomic E-state index is 5.01. The molecule has 0 bridgehead atoms. The van der Waals surface area contributed by atoms with Gasteiger partial charge in [0.25, 0.3) is 0 Å². The van der Waals surface area contributed by atoms with Crippen molar-refractivity contribution in [1.29, 1.82) is 0 Å². The van der Waals surface area contributed by atoms with Gasteiger partial charge in [-0.15, -0.1) is 0 Å². The molecule has 0 aliphatic heterocycles. The molecule has 0 atom stereocenters. The zero-order valence-corrected chi connectivity index (χ0v) is 20.6. The Hall–Kier alpha value is -1.57. The molecule has 31 heavy (non-hydrogen) atoms. The fourth-order valence-electron chi connectivity index (χ4n) is 4.43. The number of hydrogen-bond donors (Lipinski definition) is 0. The van der Waals surface area contributed by atoms with Crippen LogP contribution >= 0.6 is 0 Å². The maximum Gasteiger partial charge on any atom is 0.108 e. The van der Waals surface area contributed by atoms with Crippen LogP contribution in [0.3, 0.4) is 0 Å². The van der Waals surface area contributed by atoms with Crippen LogP contribution in [0.25, 0.3) is 0 Å². The Kier molecular flexibility index (Phi) is 14.1. The first-order valence-corrected chi connectivity index (χ1v) is 13.4. The van der Waals surface area contributed by atoms with Gasteiger partial charge in [-0.1, -0.05) is 115 Å². The van der Waals surface area contributed by atoms with Crippen molar-refractivity contribution in [2.24, 2.45) is 0 Å². The Morgan fingerprint density at radius 3 is 1.87 bits per heavy atom. The second-order valence-corrected chi connectivity index (χ2v) is 9.32. The van der Waals surface area contributed by atoms with Gasteiger partial charge in [0.1, 0.15) is 5.82 Å². The molecule has 2 aromatic rings. The summed E-state index contributed by atoms with van der Waals surface area (Å²) >= 11 is 0. The number of hydrogen-bond acceptors (Lipinski definition) is 1. The summed E-state index contributed by atoms with van der Waals surface area (Å²) in [7, 11) is 0. The van der Waals surface area contributed by atoms with Crippen molar-refractivity contribution in [2.75, 3.05) is 0 Å². The first-order valence-electron chi connectivity index (χ1n) is 13.4. The summed E-state index contributed by atoms with van der Waals surface area (Å²) in [5, 5.41) is 0. The second-order valence-electron chi connectivity index (χ2n) is 9.32. The van der Waals surface area contributed by atoms with Crippen molar-refractivity contribution in [2.45, 2.75) is 130 Å². The molecule has 0 aliphatic carbocycles. The Morgan fingerprint density at radius 2 is 1.23 bits per heavy atom. The number of aromatic nitrogens is 2. The highest BCUT2D eigenvalue weighted by molar-refractivity contribution is 5.15. The molecule has 2 heteroatoms. The van der Waals surface area contributed by atoms with Crippen molar-refractivity contribution in [3.8, 4) is 0 Å². The van der Waals surface area contributed by atoms with E-state index in [9.17, 15) is 0 Å². The van der Waals surface area contributed by atoms with Crippen LogP contribution in [0.4, 0.5) is 0 Å². The van der Waals surface area contributed by atoms with Crippen molar-refractivity contribution in [1.82, 2.24) is 9.55 Å². The van der Waals surface area contributed by atoms with Gasteiger partial charge in [0, 0.05) is 19.2 Å². The van der Waals surface area contributed by atoms with Gasteiger partial charge < -0.3 is 4.57 Å². The fourth-order valence-corrected chi connectivity index (χ4v) is 4.43. The fraction of sp³-hybridized carbons (Fsp3) is 0.690. The Morgan fingerprint density at radius 1 is 0.613 bits per heavy atom. The van der Waals surface area contributed by atoms with E-state index in [0.29, 0.717) is 0 Å². The lowest BCUT2D eigenvalue weighted by molar-refractivity contribution is 0.523. The van der Waals surface area contributed by atoms with Gasteiger partial charge in [-0.25, -0.2) is 4.98 Å². The lowest BCUT2D eigenvalue weighted by Gasteiger charge is -2.07. The number of unbranched alkanes of at least 4 members (excludes halogenated alkanes) is 11. The first kappa shape index (κ1) is 25.7. The minimum Gasteiger partial charge on any atom is -0.335 e. The van der Waals surface area contributed by atoms with E-state index in [1.165, 1.54) is 107 Å². The zero-order chi connectivity index (χ0) is 22.0. The predicted octanol–water partition coefficient (Wildman–Crippen LogP) is 8.71. The number of rotatable bonds is 19. The second kappa shape index (κ2) is 17.0. The number of aryl methyl sites for hydroxylation is 4. The van der Waals surface area contributed by atoms with Crippen molar-refractivity contribution < 1.29 is 0 Å². The standard InChI is InChI=1S/C29H48N2/c1-3-5-7-8-9-10-11-12-13-14-18-25-31-26-28(30-29(31)24-6-4-2)23-19-22-27-20-16-15-17-21-27/h15-17,20-21,26H,3-14,18-19,22-25H2,1-2H3. The average Bonchev–Trinajstić information content (AvgIpc) is 3.18. The predicted molar refractivity (Wildman–Crippen MR) is 136 cm³/mol. The summed E-state index contributed by atoms with van der Waals surface area (Å²) in [4.78, 5) is 5.01. The molecule has 1 aromatic carbocycles. The van der Waals surface area contributed by atoms with Crippen LogP contribution in [0.2, 0.25) is 0 Å². The number of imidazole rings is 1. The van der Waals surface area contributed by atoms with E-state index < -0.39 is 0 Å². The minimum atomic E-state index is 1.10. The average molecular weight is 425 g/mol. The molecule has 2 nitrogen and oxygen atoms in total. The Labute approximate surface area is 192 Å². The topological polar surface area (TPSA) is 17.8 Å². The summed E-state index contributed by atoms with van der Waals surface area (Å²) in [5.74, 6) is 1.32. The highest BCUT2D eigenvalue weighted by atomic mass is 15.1. The van der Waals surface area contributed by atoms with E-state index in [1.54, 1.807) is 0 Å². The van der Waals surface area contributed by atoms with Gasteiger partial charge in [0.15, 0.2) is 0 Å². The molecule has 0 saturated heterocycles. The van der Waals surface area contributed by atoms with E-state index in [2.05, 4.69) is 54.9 Å². The van der Waals surface area contributed by atoms with Crippen LogP contribution in [0.1, 0.15) is 121 Å². The van der Waals surface area contributed by atoms with Crippen LogP contribution in [0.15, 0.2) is 36.5 Å². The van der Waals surface area contributed by atoms with Crippen molar-refractivity contribution >= 4 is 0 Å². The van der Waals surface area contributed by atoms with Gasteiger partial charge in [0.05, 0.1) is 5.69 Å². The van der Waals surface area contributed by atoms with Crippen LogP contribution in [0.5, 0.6) is 0 Å². The SMILES string of the molecule is CCCCCCCCCCCCCn1cc(CCCc2ccccc2)nc1CCCC. The lowest BCUT2D eigenvalue weighted by Crippen LogP contribution is -2.03. The molecule has 0 spiro atoms. The monoisotopic (exact) mass is 424 g/mol. The summed E-state index contributed by atoms with van der Waals surface area (Å²) in [5.41, 5.74) is 2.74. The smallest absolute Gasteiger partial charge is 0.108 e. The summed E-state index contributed by atoms with van der Waals surface area (Å²) in [6.45, 7) is 5.73. The Bertz CT molecular complexity index is 659. The molecule has 174 valence electrons. The van der Waals surface area contributed by atoms with Gasteiger partial charge in [0.2, 0.25) is 0 Å². The summed E-state index contributed by atoms with van der Waals surface area (Å²) in [6.07, 6.45) is 24.9. The molecule has 0 saturated carbocycles. The highest BCUT2D eigenvalue weighted by Crippen LogP contribution is 2.15. The summed E-state index contributed by atoms with van der Waals surface area (Å²) in [6, 6.07) is 10.8. The van der Waals surface area contributed by atoms with Crippen molar-refractivity contribution in [3.63, 3.8) is 0 Å². The van der Waals surface area contributed by atoms with E-state index in [-0.39, 0.29) is 0 Å². The van der Waals surface area contributed by atoms with E-state index >= 15 is 0 Å². The normalized spacial score (nSPS) is 11.3. The lowest BCUT2D eigenvalue weighted by atomic mass is 10.1. The Balaban J connectivity index is 1.64. The molecular formula is C29H48N2. The third-order valence-electron chi connectivity index (χ3n) is 6.41. The molecule has 2 rings (SSSR count). The van der Waals surface area contributed by atoms with E-state index in [1.807, 2.05) is 0 Å². The molecule has 1 heterocycles. The third kappa shape index (κ3) is 11.6. The van der Waals surface area contributed by atoms with Gasteiger partial charge in [-0.05, 0) is 37.7 Å². The van der Waals surface area contributed by atoms with Crippen LogP contribution < -0.4 is 0 Å². The quantitative estimate of drug-likeness (QED) is 0.206. The van der Waals surface area contributed by atoms with Gasteiger partial charge >= 0.3 is 0 Å². The minimum absolute atomic E-state index is 1.10. The van der Waals surface area contributed by atoms with Crippen molar-refractivity contribution in [3.05, 3.63) is 53.6 Å². The molecule has 0 radical (unpaired) electrons. The molecule has 0 aliphatic rings. The number of benzene rings is 1. The van der Waals surface area contributed by atoms with E-state index in [0.717, 1.165) is 25.8 Å². The van der Waals surface area contributed by atoms with Gasteiger partial charge in [-0.2, -0.15) is 0 Å². The molecular weight excluding hydrogens is 376 g/mol.